The molecule has 3 heteroatoms. The highest BCUT2D eigenvalue weighted by Crippen LogP contribution is 2.47. The molecule has 1 aromatic carbocycles. The summed E-state index contributed by atoms with van der Waals surface area (Å²) in [6, 6.07) is 6.64. The first-order valence-electron chi connectivity index (χ1n) is 7.71. The van der Waals surface area contributed by atoms with Gasteiger partial charge in [0, 0.05) is 17.7 Å². The summed E-state index contributed by atoms with van der Waals surface area (Å²) in [4.78, 5) is 0. The van der Waals surface area contributed by atoms with Crippen LogP contribution in [0.2, 0.25) is 5.02 Å². The van der Waals surface area contributed by atoms with Crippen LogP contribution in [0.3, 0.4) is 0 Å². The Morgan fingerprint density at radius 1 is 1.40 bits per heavy atom. The predicted molar refractivity (Wildman–Crippen MR) is 83.2 cm³/mol. The number of hydrogen-bond donors (Lipinski definition) is 1. The highest BCUT2D eigenvalue weighted by molar-refractivity contribution is 6.31. The van der Waals surface area contributed by atoms with E-state index in [1.54, 1.807) is 0 Å². The maximum atomic E-state index is 6.30. The lowest BCUT2D eigenvalue weighted by Gasteiger charge is -2.49. The Hall–Kier alpha value is -0.570. The zero-order chi connectivity index (χ0) is 14.2. The van der Waals surface area contributed by atoms with Gasteiger partial charge in [-0.05, 0) is 69.2 Å². The zero-order valence-electron chi connectivity index (χ0n) is 12.4. The summed E-state index contributed by atoms with van der Waals surface area (Å²) in [6.07, 6.45) is 6.14. The molecule has 2 fully saturated rings. The average molecular weight is 294 g/mol. The van der Waals surface area contributed by atoms with Crippen molar-refractivity contribution < 1.29 is 4.74 Å². The summed E-state index contributed by atoms with van der Waals surface area (Å²) in [5, 5.41) is 4.40. The molecular weight excluding hydrogens is 270 g/mol. The number of nitrogens with one attached hydrogen (secondary N) is 1. The fourth-order valence-corrected chi connectivity index (χ4v) is 4.06. The van der Waals surface area contributed by atoms with Crippen LogP contribution < -0.4 is 5.32 Å². The number of rotatable bonds is 3. The Bertz CT molecular complexity index is 484. The van der Waals surface area contributed by atoms with Crippen molar-refractivity contribution in [3.63, 3.8) is 0 Å². The van der Waals surface area contributed by atoms with Crippen molar-refractivity contribution >= 4 is 11.6 Å². The Kier molecular flexibility index (Phi) is 4.07. The van der Waals surface area contributed by atoms with E-state index >= 15 is 0 Å². The van der Waals surface area contributed by atoms with E-state index < -0.39 is 0 Å². The summed E-state index contributed by atoms with van der Waals surface area (Å²) < 4.78 is 6.06. The monoisotopic (exact) mass is 293 g/mol. The van der Waals surface area contributed by atoms with Gasteiger partial charge in [-0.2, -0.15) is 0 Å². The van der Waals surface area contributed by atoms with Crippen molar-refractivity contribution in [1.29, 1.82) is 0 Å². The molecule has 1 N–H and O–H groups in total. The van der Waals surface area contributed by atoms with Gasteiger partial charge in [-0.3, -0.25) is 0 Å². The lowest BCUT2D eigenvalue weighted by molar-refractivity contribution is -0.147. The first-order valence-corrected chi connectivity index (χ1v) is 8.09. The van der Waals surface area contributed by atoms with Crippen LogP contribution in [0.5, 0.6) is 0 Å². The van der Waals surface area contributed by atoms with Crippen LogP contribution in [-0.2, 0) is 4.74 Å². The molecule has 3 rings (SSSR count). The smallest absolute Gasteiger partial charge is 0.0686 e. The quantitative estimate of drug-likeness (QED) is 0.899. The number of halogens is 1. The lowest BCUT2D eigenvalue weighted by Crippen LogP contribution is -2.47. The predicted octanol–water partition coefficient (Wildman–Crippen LogP) is 4.26. The highest BCUT2D eigenvalue weighted by Gasteiger charge is 2.44. The lowest BCUT2D eigenvalue weighted by atomic mass is 9.69. The summed E-state index contributed by atoms with van der Waals surface area (Å²) >= 11 is 6.30. The molecule has 1 saturated heterocycles. The van der Waals surface area contributed by atoms with Crippen LogP contribution in [0.4, 0.5) is 0 Å². The fourth-order valence-electron chi connectivity index (χ4n) is 3.88. The number of ether oxygens (including phenoxy) is 1. The molecule has 1 heterocycles. The molecule has 1 aliphatic carbocycles. The Labute approximate surface area is 126 Å². The normalized spacial score (nSPS) is 26.2. The van der Waals surface area contributed by atoms with E-state index in [1.165, 1.54) is 36.8 Å². The van der Waals surface area contributed by atoms with E-state index in [-0.39, 0.29) is 5.60 Å². The van der Waals surface area contributed by atoms with E-state index in [0.29, 0.717) is 12.0 Å². The summed E-state index contributed by atoms with van der Waals surface area (Å²) in [5.41, 5.74) is 2.76. The minimum atomic E-state index is 0.199. The van der Waals surface area contributed by atoms with Crippen LogP contribution in [0, 0.1) is 12.8 Å². The van der Waals surface area contributed by atoms with Gasteiger partial charge >= 0.3 is 0 Å². The minimum Gasteiger partial charge on any atom is -0.375 e. The topological polar surface area (TPSA) is 21.3 Å². The van der Waals surface area contributed by atoms with Crippen LogP contribution >= 0.6 is 11.6 Å². The third kappa shape index (κ3) is 2.49. The molecule has 1 aromatic rings. The number of hydrogen-bond acceptors (Lipinski definition) is 2. The highest BCUT2D eigenvalue weighted by atomic mass is 35.5. The Balaban J connectivity index is 1.84. The fraction of sp³-hybridized carbons (Fsp3) is 0.647. The SMILES string of the molecule is CNC(c1cccc(Cl)c1C)C1CCOC2(CCC2)C1. The standard InChI is InChI=1S/C17H24ClNO/c1-12-14(5-3-6-15(12)18)16(19-2)13-7-10-20-17(11-13)8-4-9-17/h3,5-6,13,16,19H,4,7-11H2,1-2H3. The van der Waals surface area contributed by atoms with Crippen molar-refractivity contribution in [2.75, 3.05) is 13.7 Å². The molecule has 2 unspecified atom stereocenters. The number of benzene rings is 1. The van der Waals surface area contributed by atoms with Gasteiger partial charge < -0.3 is 10.1 Å². The molecule has 1 aliphatic heterocycles. The zero-order valence-corrected chi connectivity index (χ0v) is 13.2. The van der Waals surface area contributed by atoms with E-state index in [1.807, 2.05) is 6.07 Å². The van der Waals surface area contributed by atoms with Gasteiger partial charge in [0.15, 0.2) is 0 Å². The maximum absolute atomic E-state index is 6.30. The van der Waals surface area contributed by atoms with Crippen molar-refractivity contribution in [2.24, 2.45) is 5.92 Å². The molecule has 0 radical (unpaired) electrons. The molecule has 20 heavy (non-hydrogen) atoms. The molecule has 0 amide bonds. The van der Waals surface area contributed by atoms with Crippen molar-refractivity contribution in [3.8, 4) is 0 Å². The van der Waals surface area contributed by atoms with Gasteiger partial charge in [0.25, 0.3) is 0 Å². The van der Waals surface area contributed by atoms with Gasteiger partial charge in [0.2, 0.25) is 0 Å². The summed E-state index contributed by atoms with van der Waals surface area (Å²) in [7, 11) is 2.06. The molecule has 0 aromatic heterocycles. The maximum Gasteiger partial charge on any atom is 0.0686 e. The molecule has 2 nitrogen and oxygen atoms in total. The van der Waals surface area contributed by atoms with E-state index in [4.69, 9.17) is 16.3 Å². The molecule has 0 bridgehead atoms. The Morgan fingerprint density at radius 2 is 2.20 bits per heavy atom. The van der Waals surface area contributed by atoms with E-state index in [9.17, 15) is 0 Å². The van der Waals surface area contributed by atoms with Crippen LogP contribution in [0.25, 0.3) is 0 Å². The second-order valence-electron chi connectivity index (χ2n) is 6.36. The molecule has 1 saturated carbocycles. The second kappa shape index (κ2) is 5.67. The molecular formula is C17H24ClNO. The van der Waals surface area contributed by atoms with Gasteiger partial charge in [0.1, 0.15) is 0 Å². The molecule has 2 atom stereocenters. The van der Waals surface area contributed by atoms with Crippen molar-refractivity contribution in [3.05, 3.63) is 34.3 Å². The van der Waals surface area contributed by atoms with Crippen molar-refractivity contribution in [2.45, 2.75) is 50.7 Å². The first kappa shape index (κ1) is 14.4. The van der Waals surface area contributed by atoms with Gasteiger partial charge in [0.05, 0.1) is 5.60 Å². The van der Waals surface area contributed by atoms with Gasteiger partial charge in [-0.1, -0.05) is 23.7 Å². The summed E-state index contributed by atoms with van der Waals surface area (Å²) in [6.45, 7) is 3.03. The Morgan fingerprint density at radius 3 is 2.85 bits per heavy atom. The van der Waals surface area contributed by atoms with Gasteiger partial charge in [-0.25, -0.2) is 0 Å². The third-order valence-corrected chi connectivity index (χ3v) is 5.63. The third-order valence-electron chi connectivity index (χ3n) is 5.22. The second-order valence-corrected chi connectivity index (χ2v) is 6.77. The largest absolute Gasteiger partial charge is 0.375 e. The van der Waals surface area contributed by atoms with Crippen LogP contribution in [0.15, 0.2) is 18.2 Å². The van der Waals surface area contributed by atoms with Crippen molar-refractivity contribution in [1.82, 2.24) is 5.32 Å². The minimum absolute atomic E-state index is 0.199. The molecule has 110 valence electrons. The van der Waals surface area contributed by atoms with E-state index in [0.717, 1.165) is 18.1 Å². The molecule has 2 aliphatic rings. The van der Waals surface area contributed by atoms with Crippen LogP contribution in [-0.4, -0.2) is 19.3 Å². The van der Waals surface area contributed by atoms with E-state index in [2.05, 4.69) is 31.4 Å². The summed E-state index contributed by atoms with van der Waals surface area (Å²) in [5.74, 6) is 0.645. The van der Waals surface area contributed by atoms with Crippen LogP contribution in [0.1, 0.15) is 49.3 Å². The average Bonchev–Trinajstić information content (AvgIpc) is 2.43. The van der Waals surface area contributed by atoms with Gasteiger partial charge in [-0.15, -0.1) is 0 Å². The molecule has 1 spiro atoms. The first-order chi connectivity index (χ1) is 9.65.